The second kappa shape index (κ2) is 6.33. The average Bonchev–Trinajstić information content (AvgIpc) is 3.33. The van der Waals surface area contributed by atoms with E-state index in [-0.39, 0.29) is 6.61 Å². The van der Waals surface area contributed by atoms with E-state index in [1.807, 2.05) is 54.6 Å². The molecule has 0 fully saturated rings. The molecule has 0 saturated heterocycles. The number of hydrogen-bond donors (Lipinski definition) is 0. The molecule has 0 unspecified atom stereocenters. The molecule has 0 saturated carbocycles. The van der Waals surface area contributed by atoms with E-state index in [1.165, 1.54) is 6.39 Å². The molecule has 7 nitrogen and oxygen atoms in total. The van der Waals surface area contributed by atoms with E-state index in [4.69, 9.17) is 13.6 Å². The second-order valence-electron chi connectivity index (χ2n) is 4.92. The second-order valence-corrected chi connectivity index (χ2v) is 4.92. The third-order valence-corrected chi connectivity index (χ3v) is 3.31. The van der Waals surface area contributed by atoms with Crippen LogP contribution in [0.25, 0.3) is 22.9 Å². The van der Waals surface area contributed by atoms with Crippen molar-refractivity contribution in [2.45, 2.75) is 6.61 Å². The van der Waals surface area contributed by atoms with E-state index in [1.54, 1.807) is 0 Å². The van der Waals surface area contributed by atoms with Crippen LogP contribution in [0.1, 0.15) is 5.89 Å². The van der Waals surface area contributed by atoms with Gasteiger partial charge in [-0.05, 0) is 36.4 Å². The Labute approximate surface area is 136 Å². The van der Waals surface area contributed by atoms with E-state index >= 15 is 0 Å². The summed E-state index contributed by atoms with van der Waals surface area (Å²) in [5.41, 5.74) is 1.70. The summed E-state index contributed by atoms with van der Waals surface area (Å²) < 4.78 is 16.4. The highest BCUT2D eigenvalue weighted by atomic mass is 16.5. The van der Waals surface area contributed by atoms with Gasteiger partial charge in [-0.3, -0.25) is 0 Å². The molecule has 0 amide bonds. The molecule has 0 radical (unpaired) electrons. The minimum atomic E-state index is 0.194. The molecule has 4 rings (SSSR count). The highest BCUT2D eigenvalue weighted by Gasteiger charge is 2.09. The Morgan fingerprint density at radius 1 is 0.792 bits per heavy atom. The van der Waals surface area contributed by atoms with Crippen molar-refractivity contribution in [3.8, 4) is 28.7 Å². The fourth-order valence-corrected chi connectivity index (χ4v) is 2.15. The summed E-state index contributed by atoms with van der Waals surface area (Å²) in [6.07, 6.45) is 1.29. The summed E-state index contributed by atoms with van der Waals surface area (Å²) in [5.74, 6) is 2.03. The Kier molecular flexibility index (Phi) is 3.73. The monoisotopic (exact) mass is 320 g/mol. The van der Waals surface area contributed by atoms with Crippen LogP contribution in [-0.2, 0) is 6.61 Å². The third-order valence-electron chi connectivity index (χ3n) is 3.31. The lowest BCUT2D eigenvalue weighted by atomic mass is 10.2. The van der Waals surface area contributed by atoms with Gasteiger partial charge in [0.25, 0.3) is 5.89 Å². The maximum atomic E-state index is 5.65. The van der Waals surface area contributed by atoms with Gasteiger partial charge in [-0.1, -0.05) is 18.2 Å². The summed E-state index contributed by atoms with van der Waals surface area (Å²) in [4.78, 5) is 0. The first kappa shape index (κ1) is 14.1. The van der Waals surface area contributed by atoms with Gasteiger partial charge in [-0.15, -0.1) is 20.4 Å². The van der Waals surface area contributed by atoms with Crippen molar-refractivity contribution in [2.75, 3.05) is 0 Å². The van der Waals surface area contributed by atoms with Crippen molar-refractivity contribution in [1.29, 1.82) is 0 Å². The Balaban J connectivity index is 1.41. The van der Waals surface area contributed by atoms with Crippen molar-refractivity contribution in [2.24, 2.45) is 0 Å². The number of rotatable bonds is 5. The summed E-state index contributed by atoms with van der Waals surface area (Å²) in [6.45, 7) is 0.194. The van der Waals surface area contributed by atoms with E-state index < -0.39 is 0 Å². The van der Waals surface area contributed by atoms with Crippen molar-refractivity contribution >= 4 is 0 Å². The number of benzene rings is 2. The molecule has 0 aliphatic carbocycles. The molecule has 0 bridgehead atoms. The lowest BCUT2D eigenvalue weighted by Gasteiger charge is -2.03. The van der Waals surface area contributed by atoms with Crippen molar-refractivity contribution in [3.05, 3.63) is 66.9 Å². The molecule has 0 aliphatic rings. The van der Waals surface area contributed by atoms with Gasteiger partial charge in [-0.2, -0.15) is 0 Å². The zero-order chi connectivity index (χ0) is 16.2. The zero-order valence-corrected chi connectivity index (χ0v) is 12.5. The highest BCUT2D eigenvalue weighted by molar-refractivity contribution is 5.54. The molecule has 2 aromatic carbocycles. The summed E-state index contributed by atoms with van der Waals surface area (Å²) in [7, 11) is 0. The van der Waals surface area contributed by atoms with E-state index in [0.717, 1.165) is 11.1 Å². The molecule has 2 heterocycles. The van der Waals surface area contributed by atoms with E-state index in [0.29, 0.717) is 23.4 Å². The molecule has 118 valence electrons. The largest absolute Gasteiger partial charge is 0.484 e. The number of hydrogen-bond acceptors (Lipinski definition) is 7. The van der Waals surface area contributed by atoms with Gasteiger partial charge in [0, 0.05) is 11.1 Å². The summed E-state index contributed by atoms with van der Waals surface area (Å²) in [5, 5.41) is 15.5. The molecule has 0 atom stereocenters. The fraction of sp³-hybridized carbons (Fsp3) is 0.0588. The third kappa shape index (κ3) is 3.00. The molecule has 24 heavy (non-hydrogen) atoms. The van der Waals surface area contributed by atoms with Crippen molar-refractivity contribution in [1.82, 2.24) is 20.4 Å². The number of ether oxygens (including phenoxy) is 1. The lowest BCUT2D eigenvalue weighted by Crippen LogP contribution is -1.95. The fourth-order valence-electron chi connectivity index (χ4n) is 2.15. The van der Waals surface area contributed by atoms with Crippen LogP contribution in [0.4, 0.5) is 0 Å². The van der Waals surface area contributed by atoms with Crippen LogP contribution in [0.3, 0.4) is 0 Å². The molecule has 2 aromatic heterocycles. The predicted octanol–water partition coefficient (Wildman–Crippen LogP) is 3.37. The van der Waals surface area contributed by atoms with Crippen molar-refractivity contribution < 1.29 is 13.6 Å². The van der Waals surface area contributed by atoms with Gasteiger partial charge < -0.3 is 13.6 Å². The maximum Gasteiger partial charge on any atom is 0.254 e. The predicted molar refractivity (Wildman–Crippen MR) is 83.8 cm³/mol. The van der Waals surface area contributed by atoms with Crippen LogP contribution in [0, 0.1) is 0 Å². The molecule has 4 aromatic rings. The van der Waals surface area contributed by atoms with E-state index in [2.05, 4.69) is 20.4 Å². The maximum absolute atomic E-state index is 5.65. The van der Waals surface area contributed by atoms with Crippen LogP contribution in [0.15, 0.2) is 69.8 Å². The van der Waals surface area contributed by atoms with Gasteiger partial charge in [0.1, 0.15) is 5.75 Å². The summed E-state index contributed by atoms with van der Waals surface area (Å²) >= 11 is 0. The van der Waals surface area contributed by atoms with Crippen LogP contribution < -0.4 is 4.74 Å². The van der Waals surface area contributed by atoms with Gasteiger partial charge in [0.15, 0.2) is 6.61 Å². The SMILES string of the molecule is c1ccc(-c2nnc(COc3ccc(-c4nnco4)cc3)o2)cc1. The van der Waals surface area contributed by atoms with Crippen LogP contribution >= 0.6 is 0 Å². The van der Waals surface area contributed by atoms with Crippen LogP contribution in [0.2, 0.25) is 0 Å². The molecule has 0 spiro atoms. The molecular weight excluding hydrogens is 308 g/mol. The normalized spacial score (nSPS) is 10.7. The first-order valence-electron chi connectivity index (χ1n) is 7.26. The quantitative estimate of drug-likeness (QED) is 0.557. The first-order valence-corrected chi connectivity index (χ1v) is 7.26. The summed E-state index contributed by atoms with van der Waals surface area (Å²) in [6, 6.07) is 16.9. The average molecular weight is 320 g/mol. The Morgan fingerprint density at radius 3 is 2.33 bits per heavy atom. The van der Waals surface area contributed by atoms with Crippen LogP contribution in [-0.4, -0.2) is 20.4 Å². The van der Waals surface area contributed by atoms with Gasteiger partial charge in [-0.25, -0.2) is 0 Å². The molecule has 0 aliphatic heterocycles. The molecule has 7 heteroatoms. The minimum absolute atomic E-state index is 0.194. The molecule has 0 N–H and O–H groups in total. The van der Waals surface area contributed by atoms with Crippen LogP contribution in [0.5, 0.6) is 5.75 Å². The zero-order valence-electron chi connectivity index (χ0n) is 12.5. The van der Waals surface area contributed by atoms with Gasteiger partial charge in [0.05, 0.1) is 0 Å². The Bertz CT molecular complexity index is 903. The standard InChI is InChI=1S/C17H12N4O3/c1-2-4-12(5-3-1)17-21-19-15(24-17)10-22-14-8-6-13(7-9-14)16-20-18-11-23-16/h1-9,11H,10H2. The highest BCUT2D eigenvalue weighted by Crippen LogP contribution is 2.21. The number of aromatic nitrogens is 4. The lowest BCUT2D eigenvalue weighted by molar-refractivity contribution is 0.264. The topological polar surface area (TPSA) is 87.1 Å². The Morgan fingerprint density at radius 2 is 1.58 bits per heavy atom. The minimum Gasteiger partial charge on any atom is -0.484 e. The van der Waals surface area contributed by atoms with Crippen molar-refractivity contribution in [3.63, 3.8) is 0 Å². The van der Waals surface area contributed by atoms with E-state index in [9.17, 15) is 0 Å². The Hall–Kier alpha value is -3.48. The molecular formula is C17H12N4O3. The number of nitrogens with zero attached hydrogens (tertiary/aromatic N) is 4. The first-order chi connectivity index (χ1) is 11.9. The van der Waals surface area contributed by atoms with Gasteiger partial charge >= 0.3 is 0 Å². The smallest absolute Gasteiger partial charge is 0.254 e. The van der Waals surface area contributed by atoms with Gasteiger partial charge in [0.2, 0.25) is 18.2 Å².